The van der Waals surface area contributed by atoms with Crippen molar-refractivity contribution in [3.63, 3.8) is 0 Å². The Kier molecular flexibility index (Phi) is 3.74. The highest BCUT2D eigenvalue weighted by Crippen LogP contribution is 2.34. The van der Waals surface area contributed by atoms with E-state index in [9.17, 15) is 5.11 Å². The zero-order valence-corrected chi connectivity index (χ0v) is 14.5. The van der Waals surface area contributed by atoms with E-state index >= 15 is 0 Å². The standard InChI is InChI=1S/C18H16ClN3O3/c1-18(2)14(23)8-11-6-12(9-20-16(11)24-18)17-21-15(22-25-17)10-4-3-5-13(19)7-10/h3-7,9,14,23H,8H2,1-2H3/t14-/m1/s1. The van der Waals surface area contributed by atoms with Crippen molar-refractivity contribution in [2.45, 2.75) is 32.0 Å². The van der Waals surface area contributed by atoms with Crippen LogP contribution in [0.5, 0.6) is 5.88 Å². The third-order valence-corrected chi connectivity index (χ3v) is 4.49. The highest BCUT2D eigenvalue weighted by Gasteiger charge is 2.36. The fourth-order valence-electron chi connectivity index (χ4n) is 2.71. The van der Waals surface area contributed by atoms with Gasteiger partial charge in [0.25, 0.3) is 5.89 Å². The summed E-state index contributed by atoms with van der Waals surface area (Å²) in [4.78, 5) is 8.75. The fourth-order valence-corrected chi connectivity index (χ4v) is 2.90. The van der Waals surface area contributed by atoms with Crippen LogP contribution in [0.15, 0.2) is 41.1 Å². The first-order chi connectivity index (χ1) is 11.9. The number of benzene rings is 1. The molecule has 3 heterocycles. The predicted octanol–water partition coefficient (Wildman–Crippen LogP) is 3.53. The molecule has 0 fully saturated rings. The maximum absolute atomic E-state index is 10.2. The molecular weight excluding hydrogens is 342 g/mol. The molecule has 1 aliphatic heterocycles. The Morgan fingerprint density at radius 2 is 2.08 bits per heavy atom. The number of pyridine rings is 1. The van der Waals surface area contributed by atoms with Crippen LogP contribution in [0.3, 0.4) is 0 Å². The smallest absolute Gasteiger partial charge is 0.259 e. The van der Waals surface area contributed by atoms with E-state index in [4.69, 9.17) is 20.9 Å². The summed E-state index contributed by atoms with van der Waals surface area (Å²) in [6.45, 7) is 3.68. The van der Waals surface area contributed by atoms with Crippen LogP contribution in [0.1, 0.15) is 19.4 Å². The summed E-state index contributed by atoms with van der Waals surface area (Å²) in [5, 5.41) is 14.8. The third-order valence-electron chi connectivity index (χ3n) is 4.26. The molecule has 1 atom stereocenters. The molecule has 0 radical (unpaired) electrons. The molecule has 0 aliphatic carbocycles. The topological polar surface area (TPSA) is 81.3 Å². The van der Waals surface area contributed by atoms with E-state index in [0.29, 0.717) is 34.6 Å². The van der Waals surface area contributed by atoms with Crippen molar-refractivity contribution < 1.29 is 14.4 Å². The second kappa shape index (κ2) is 5.82. The SMILES string of the molecule is CC1(C)Oc2ncc(-c3nc(-c4cccc(Cl)c4)no3)cc2C[C@H]1O. The van der Waals surface area contributed by atoms with E-state index in [2.05, 4.69) is 15.1 Å². The van der Waals surface area contributed by atoms with E-state index in [-0.39, 0.29) is 0 Å². The van der Waals surface area contributed by atoms with E-state index in [1.54, 1.807) is 18.3 Å². The van der Waals surface area contributed by atoms with Crippen molar-refractivity contribution in [1.82, 2.24) is 15.1 Å². The number of rotatable bonds is 2. The Morgan fingerprint density at radius 3 is 2.88 bits per heavy atom. The monoisotopic (exact) mass is 357 g/mol. The number of hydrogen-bond acceptors (Lipinski definition) is 6. The zero-order chi connectivity index (χ0) is 17.6. The minimum Gasteiger partial charge on any atom is -0.469 e. The molecule has 128 valence electrons. The van der Waals surface area contributed by atoms with Gasteiger partial charge in [0, 0.05) is 28.8 Å². The van der Waals surface area contributed by atoms with Crippen LogP contribution < -0.4 is 4.74 Å². The van der Waals surface area contributed by atoms with Crippen molar-refractivity contribution in [1.29, 1.82) is 0 Å². The predicted molar refractivity (Wildman–Crippen MR) is 92.4 cm³/mol. The first-order valence-electron chi connectivity index (χ1n) is 7.88. The Balaban J connectivity index is 1.67. The molecule has 0 unspecified atom stereocenters. The van der Waals surface area contributed by atoms with Gasteiger partial charge in [-0.1, -0.05) is 28.9 Å². The molecule has 0 saturated carbocycles. The fraction of sp³-hybridized carbons (Fsp3) is 0.278. The molecule has 0 bridgehead atoms. The van der Waals surface area contributed by atoms with Gasteiger partial charge in [-0.3, -0.25) is 0 Å². The molecule has 6 nitrogen and oxygen atoms in total. The molecule has 2 aromatic heterocycles. The number of hydrogen-bond donors (Lipinski definition) is 1. The van der Waals surface area contributed by atoms with E-state index in [1.807, 2.05) is 32.0 Å². The highest BCUT2D eigenvalue weighted by molar-refractivity contribution is 6.30. The molecule has 1 aliphatic rings. The van der Waals surface area contributed by atoms with Gasteiger partial charge in [0.1, 0.15) is 5.60 Å². The minimum absolute atomic E-state index is 0.351. The molecule has 1 aromatic carbocycles. The van der Waals surface area contributed by atoms with Gasteiger partial charge in [0.15, 0.2) is 0 Å². The Labute approximate surface area is 149 Å². The van der Waals surface area contributed by atoms with Gasteiger partial charge >= 0.3 is 0 Å². The maximum Gasteiger partial charge on any atom is 0.259 e. The highest BCUT2D eigenvalue weighted by atomic mass is 35.5. The van der Waals surface area contributed by atoms with Crippen molar-refractivity contribution in [2.24, 2.45) is 0 Å². The maximum atomic E-state index is 10.2. The summed E-state index contributed by atoms with van der Waals surface area (Å²) in [6.07, 6.45) is 1.47. The number of aliphatic hydroxyl groups excluding tert-OH is 1. The molecule has 0 amide bonds. The second-order valence-electron chi connectivity index (χ2n) is 6.55. The van der Waals surface area contributed by atoms with Crippen LogP contribution in [0.2, 0.25) is 5.02 Å². The van der Waals surface area contributed by atoms with Gasteiger partial charge in [-0.2, -0.15) is 4.98 Å². The lowest BCUT2D eigenvalue weighted by molar-refractivity contribution is -0.0442. The van der Waals surface area contributed by atoms with Gasteiger partial charge < -0.3 is 14.4 Å². The number of aromatic nitrogens is 3. The van der Waals surface area contributed by atoms with Crippen LogP contribution in [0.4, 0.5) is 0 Å². The zero-order valence-electron chi connectivity index (χ0n) is 13.7. The Morgan fingerprint density at radius 1 is 1.24 bits per heavy atom. The van der Waals surface area contributed by atoms with E-state index in [1.165, 1.54) is 0 Å². The summed E-state index contributed by atoms with van der Waals surface area (Å²) in [5.74, 6) is 1.32. The average molecular weight is 358 g/mol. The van der Waals surface area contributed by atoms with Crippen LogP contribution in [-0.4, -0.2) is 31.9 Å². The normalized spacial score (nSPS) is 18.5. The van der Waals surface area contributed by atoms with Crippen LogP contribution in [-0.2, 0) is 6.42 Å². The summed E-state index contributed by atoms with van der Waals surface area (Å²) in [5.41, 5.74) is 1.60. The van der Waals surface area contributed by atoms with Crippen molar-refractivity contribution >= 4 is 11.6 Å². The summed E-state index contributed by atoms with van der Waals surface area (Å²) < 4.78 is 11.1. The minimum atomic E-state index is -0.661. The molecule has 7 heteroatoms. The van der Waals surface area contributed by atoms with Gasteiger partial charge in [-0.15, -0.1) is 0 Å². The largest absolute Gasteiger partial charge is 0.469 e. The van der Waals surface area contributed by atoms with Crippen LogP contribution >= 0.6 is 11.6 Å². The van der Waals surface area contributed by atoms with Gasteiger partial charge in [0.05, 0.1) is 11.7 Å². The number of nitrogens with zero attached hydrogens (tertiary/aromatic N) is 3. The van der Waals surface area contributed by atoms with E-state index < -0.39 is 11.7 Å². The van der Waals surface area contributed by atoms with Gasteiger partial charge in [0.2, 0.25) is 11.7 Å². The number of ether oxygens (including phenoxy) is 1. The quantitative estimate of drug-likeness (QED) is 0.755. The molecule has 25 heavy (non-hydrogen) atoms. The van der Waals surface area contributed by atoms with Crippen molar-refractivity contribution in [3.05, 3.63) is 47.1 Å². The summed E-state index contributed by atoms with van der Waals surface area (Å²) in [7, 11) is 0. The van der Waals surface area contributed by atoms with Gasteiger partial charge in [-0.25, -0.2) is 4.98 Å². The van der Waals surface area contributed by atoms with Crippen LogP contribution in [0.25, 0.3) is 22.8 Å². The summed E-state index contributed by atoms with van der Waals surface area (Å²) >= 11 is 6.00. The molecule has 0 saturated heterocycles. The first kappa shape index (κ1) is 16.1. The molecular formula is C18H16ClN3O3. The first-order valence-corrected chi connectivity index (χ1v) is 8.26. The van der Waals surface area contributed by atoms with Crippen LogP contribution in [0, 0.1) is 0 Å². The second-order valence-corrected chi connectivity index (χ2v) is 6.98. The van der Waals surface area contributed by atoms with Gasteiger partial charge in [-0.05, 0) is 32.0 Å². The third kappa shape index (κ3) is 2.99. The molecule has 3 aromatic rings. The summed E-state index contributed by atoms with van der Waals surface area (Å²) in [6, 6.07) is 9.10. The lowest BCUT2D eigenvalue weighted by Crippen LogP contribution is -2.46. The Bertz CT molecular complexity index is 939. The number of fused-ring (bicyclic) bond motifs is 1. The van der Waals surface area contributed by atoms with Crippen molar-refractivity contribution in [2.75, 3.05) is 0 Å². The lowest BCUT2D eigenvalue weighted by Gasteiger charge is -2.36. The molecule has 4 rings (SSSR count). The average Bonchev–Trinajstić information content (AvgIpc) is 3.05. The molecule has 1 N–H and O–H groups in total. The lowest BCUT2D eigenvalue weighted by atomic mass is 9.92. The number of halogens is 1. The Hall–Kier alpha value is -2.44. The number of aliphatic hydroxyl groups is 1. The molecule has 0 spiro atoms. The van der Waals surface area contributed by atoms with E-state index in [0.717, 1.165) is 11.1 Å². The van der Waals surface area contributed by atoms with Crippen molar-refractivity contribution in [3.8, 4) is 28.7 Å².